The zero-order chi connectivity index (χ0) is 29.9. The molecule has 0 bridgehead atoms. The fourth-order valence-electron chi connectivity index (χ4n) is 3.95. The van der Waals surface area contributed by atoms with Crippen LogP contribution in [0.5, 0.6) is 5.75 Å². The van der Waals surface area contributed by atoms with E-state index in [2.05, 4.69) is 16.6 Å². The highest BCUT2D eigenvalue weighted by Gasteiger charge is 2.37. The summed E-state index contributed by atoms with van der Waals surface area (Å²) in [4.78, 5) is 53.8. The molecule has 0 aliphatic carbocycles. The van der Waals surface area contributed by atoms with Crippen LogP contribution in [0.1, 0.15) is 64.1 Å². The summed E-state index contributed by atoms with van der Waals surface area (Å²) < 4.78 is 10.5. The second-order valence-electron chi connectivity index (χ2n) is 10.1. The van der Waals surface area contributed by atoms with E-state index >= 15 is 0 Å². The summed E-state index contributed by atoms with van der Waals surface area (Å²) in [5.41, 5.74) is 5.88. The minimum atomic E-state index is -1.38. The van der Waals surface area contributed by atoms with Crippen molar-refractivity contribution in [2.24, 2.45) is 5.73 Å². The number of carbonyl (C=O) groups is 4. The maximum Gasteiger partial charge on any atom is 0.408 e. The Morgan fingerprint density at radius 2 is 1.73 bits per heavy atom. The first-order valence-electron chi connectivity index (χ1n) is 13.0. The van der Waals surface area contributed by atoms with E-state index in [1.165, 1.54) is 12.0 Å². The Bertz CT molecular complexity index is 1230. The average Bonchev–Trinajstić information content (AvgIpc) is 2.89. The van der Waals surface area contributed by atoms with Gasteiger partial charge in [0.2, 0.25) is 11.8 Å². The lowest BCUT2D eigenvalue weighted by Gasteiger charge is -2.34. The molecule has 0 radical (unpaired) electrons. The molecule has 0 aliphatic heterocycles. The molecule has 0 spiro atoms. The van der Waals surface area contributed by atoms with Gasteiger partial charge in [0, 0.05) is 17.8 Å². The highest BCUT2D eigenvalue weighted by molar-refractivity contribution is 6.00. The standard InChI is InChI=1S/C30H38N4O6/c1-7-9-18-34(28(37)24(19-25(31)35)33-29(38)40-30(3,4)5)26(23-13-11-10-12-20(23)8-2)27(36)32-21-14-16-22(39-6)17-15-21/h2,10-17,24,26H,7,9,18-19H2,1,3-6H3,(H2,31,35)(H,32,36)(H,33,38). The Balaban J connectivity index is 2.58. The summed E-state index contributed by atoms with van der Waals surface area (Å²) in [5.74, 6) is 1.16. The zero-order valence-corrected chi connectivity index (χ0v) is 23.7. The van der Waals surface area contributed by atoms with E-state index in [1.807, 2.05) is 6.92 Å². The van der Waals surface area contributed by atoms with Crippen LogP contribution >= 0.6 is 0 Å². The van der Waals surface area contributed by atoms with Crippen LogP contribution < -0.4 is 21.1 Å². The lowest BCUT2D eigenvalue weighted by Crippen LogP contribution is -2.53. The van der Waals surface area contributed by atoms with Gasteiger partial charge in [0.15, 0.2) is 0 Å². The highest BCUT2D eigenvalue weighted by atomic mass is 16.6. The van der Waals surface area contributed by atoms with Crippen LogP contribution in [0.25, 0.3) is 0 Å². The smallest absolute Gasteiger partial charge is 0.408 e. The quantitative estimate of drug-likeness (QED) is 0.344. The van der Waals surface area contributed by atoms with Crippen molar-refractivity contribution in [2.45, 2.75) is 64.6 Å². The van der Waals surface area contributed by atoms with Gasteiger partial charge in [0.05, 0.1) is 13.5 Å². The van der Waals surface area contributed by atoms with Crippen LogP contribution in [-0.2, 0) is 19.1 Å². The van der Waals surface area contributed by atoms with Crippen LogP contribution in [0.3, 0.4) is 0 Å². The highest BCUT2D eigenvalue weighted by Crippen LogP contribution is 2.28. The summed E-state index contributed by atoms with van der Waals surface area (Å²) in [6.07, 6.45) is 5.61. The Labute approximate surface area is 235 Å². The molecule has 2 rings (SSSR count). The molecular weight excluding hydrogens is 512 g/mol. The van der Waals surface area contributed by atoms with E-state index in [4.69, 9.17) is 21.6 Å². The second kappa shape index (κ2) is 14.6. The number of methoxy groups -OCH3 is 1. The first-order valence-corrected chi connectivity index (χ1v) is 13.0. The van der Waals surface area contributed by atoms with Gasteiger partial charge in [0.25, 0.3) is 5.91 Å². The van der Waals surface area contributed by atoms with Crippen molar-refractivity contribution in [3.63, 3.8) is 0 Å². The van der Waals surface area contributed by atoms with E-state index in [0.29, 0.717) is 35.4 Å². The Kier molecular flexibility index (Phi) is 11.6. The number of benzene rings is 2. The molecule has 40 heavy (non-hydrogen) atoms. The molecule has 0 saturated heterocycles. The van der Waals surface area contributed by atoms with Crippen molar-refractivity contribution in [3.05, 3.63) is 59.7 Å². The third-order valence-electron chi connectivity index (χ3n) is 5.76. The van der Waals surface area contributed by atoms with Crippen molar-refractivity contribution in [2.75, 3.05) is 19.0 Å². The molecule has 10 nitrogen and oxygen atoms in total. The number of primary amides is 1. The first kappa shape index (κ1) is 31.7. The Morgan fingerprint density at radius 1 is 1.07 bits per heavy atom. The number of nitrogens with two attached hydrogens (primary N) is 1. The number of nitrogens with one attached hydrogen (secondary N) is 2. The number of alkyl carbamates (subject to hydrolysis) is 1. The molecule has 10 heteroatoms. The zero-order valence-electron chi connectivity index (χ0n) is 23.7. The van der Waals surface area contributed by atoms with Gasteiger partial charge in [-0.3, -0.25) is 14.4 Å². The molecule has 2 unspecified atom stereocenters. The number of hydrogen-bond donors (Lipinski definition) is 3. The van der Waals surface area contributed by atoms with Crippen molar-refractivity contribution >= 4 is 29.5 Å². The SMILES string of the molecule is C#Cc1ccccc1C(C(=O)Nc1ccc(OC)cc1)N(CCCC)C(=O)C(CC(N)=O)NC(=O)OC(C)(C)C. The fraction of sp³-hybridized carbons (Fsp3) is 0.400. The summed E-state index contributed by atoms with van der Waals surface area (Å²) in [6.45, 7) is 7.08. The third kappa shape index (κ3) is 9.34. The van der Waals surface area contributed by atoms with Crippen molar-refractivity contribution in [1.82, 2.24) is 10.2 Å². The molecular formula is C30H38N4O6. The average molecular weight is 551 g/mol. The molecule has 0 aliphatic rings. The van der Waals surface area contributed by atoms with E-state index in [-0.39, 0.29) is 6.54 Å². The summed E-state index contributed by atoms with van der Waals surface area (Å²) in [7, 11) is 1.53. The van der Waals surface area contributed by atoms with Gasteiger partial charge in [-0.05, 0) is 63.1 Å². The van der Waals surface area contributed by atoms with Gasteiger partial charge in [-0.15, -0.1) is 6.42 Å². The number of carbonyl (C=O) groups excluding carboxylic acids is 4. The Hall–Kier alpha value is -4.52. The molecule has 0 saturated carbocycles. The molecule has 214 valence electrons. The van der Waals surface area contributed by atoms with E-state index in [9.17, 15) is 19.2 Å². The number of terminal acetylenes is 1. The lowest BCUT2D eigenvalue weighted by atomic mass is 9.96. The number of ether oxygens (including phenoxy) is 2. The molecule has 4 amide bonds. The molecule has 4 N–H and O–H groups in total. The second-order valence-corrected chi connectivity index (χ2v) is 10.1. The van der Waals surface area contributed by atoms with Crippen LogP contribution in [0.4, 0.5) is 10.5 Å². The largest absolute Gasteiger partial charge is 0.497 e. The first-order chi connectivity index (χ1) is 18.9. The number of amides is 4. The van der Waals surface area contributed by atoms with Crippen LogP contribution in [0.15, 0.2) is 48.5 Å². The normalized spacial score (nSPS) is 12.3. The third-order valence-corrected chi connectivity index (χ3v) is 5.76. The number of nitrogens with zero attached hydrogens (tertiary/aromatic N) is 1. The summed E-state index contributed by atoms with van der Waals surface area (Å²) in [5, 5.41) is 5.30. The van der Waals surface area contributed by atoms with Gasteiger partial charge < -0.3 is 30.7 Å². The van der Waals surface area contributed by atoms with E-state index < -0.39 is 47.9 Å². The van der Waals surface area contributed by atoms with Crippen LogP contribution in [0, 0.1) is 12.3 Å². The number of hydrogen-bond acceptors (Lipinski definition) is 6. The molecule has 2 aromatic rings. The minimum Gasteiger partial charge on any atom is -0.497 e. The van der Waals surface area contributed by atoms with Crippen LogP contribution in [-0.4, -0.2) is 54.0 Å². The van der Waals surface area contributed by atoms with Gasteiger partial charge in [-0.25, -0.2) is 4.79 Å². The lowest BCUT2D eigenvalue weighted by molar-refractivity contribution is -0.142. The molecule has 0 heterocycles. The van der Waals surface area contributed by atoms with Gasteiger partial charge >= 0.3 is 6.09 Å². The summed E-state index contributed by atoms with van der Waals surface area (Å²) in [6, 6.07) is 10.9. The maximum absolute atomic E-state index is 14.0. The van der Waals surface area contributed by atoms with Crippen molar-refractivity contribution < 1.29 is 28.7 Å². The van der Waals surface area contributed by atoms with Crippen molar-refractivity contribution in [1.29, 1.82) is 0 Å². The number of unbranched alkanes of at least 4 members (excludes halogenated alkanes) is 1. The predicted octanol–water partition coefficient (Wildman–Crippen LogP) is 3.75. The maximum atomic E-state index is 14.0. The predicted molar refractivity (Wildman–Crippen MR) is 152 cm³/mol. The van der Waals surface area contributed by atoms with Crippen molar-refractivity contribution in [3.8, 4) is 18.1 Å². The minimum absolute atomic E-state index is 0.139. The number of rotatable bonds is 12. The topological polar surface area (TPSA) is 140 Å². The van der Waals surface area contributed by atoms with Gasteiger partial charge in [0.1, 0.15) is 23.4 Å². The molecule has 2 aromatic carbocycles. The van der Waals surface area contributed by atoms with E-state index in [0.717, 1.165) is 0 Å². The summed E-state index contributed by atoms with van der Waals surface area (Å²) >= 11 is 0. The van der Waals surface area contributed by atoms with E-state index in [1.54, 1.807) is 69.3 Å². The number of anilines is 1. The molecule has 0 aromatic heterocycles. The van der Waals surface area contributed by atoms with Gasteiger partial charge in [-0.1, -0.05) is 37.5 Å². The fourth-order valence-corrected chi connectivity index (χ4v) is 3.95. The van der Waals surface area contributed by atoms with Crippen LogP contribution in [0.2, 0.25) is 0 Å². The Morgan fingerprint density at radius 3 is 2.27 bits per heavy atom. The van der Waals surface area contributed by atoms with Gasteiger partial charge in [-0.2, -0.15) is 0 Å². The monoisotopic (exact) mass is 550 g/mol. The molecule has 0 fully saturated rings. The molecule has 2 atom stereocenters.